The molecular weight excluding hydrogens is 216 g/mol. The SMILES string of the molecule is Cc1cc(C)n2c(Br)cnc2c1. The van der Waals surface area contributed by atoms with Crippen molar-refractivity contribution in [1.29, 1.82) is 0 Å². The molecule has 0 amide bonds. The molecule has 0 aliphatic rings. The van der Waals surface area contributed by atoms with Crippen LogP contribution in [-0.4, -0.2) is 9.38 Å². The van der Waals surface area contributed by atoms with Crippen LogP contribution in [0.3, 0.4) is 0 Å². The van der Waals surface area contributed by atoms with Gasteiger partial charge in [0.15, 0.2) is 0 Å². The molecular formula is C9H9BrN2. The molecule has 2 rings (SSSR count). The minimum Gasteiger partial charge on any atom is -0.291 e. The van der Waals surface area contributed by atoms with Gasteiger partial charge in [-0.1, -0.05) is 0 Å². The summed E-state index contributed by atoms with van der Waals surface area (Å²) < 4.78 is 3.09. The van der Waals surface area contributed by atoms with E-state index in [9.17, 15) is 0 Å². The van der Waals surface area contributed by atoms with E-state index in [4.69, 9.17) is 0 Å². The van der Waals surface area contributed by atoms with Gasteiger partial charge in [-0.15, -0.1) is 0 Å². The lowest BCUT2D eigenvalue weighted by Gasteiger charge is -2.01. The Balaban J connectivity index is 2.93. The second-order valence-electron chi connectivity index (χ2n) is 2.95. The van der Waals surface area contributed by atoms with Crippen molar-refractivity contribution in [3.8, 4) is 0 Å². The van der Waals surface area contributed by atoms with Crippen molar-refractivity contribution in [1.82, 2.24) is 9.38 Å². The maximum absolute atomic E-state index is 4.26. The normalized spacial score (nSPS) is 10.9. The van der Waals surface area contributed by atoms with Gasteiger partial charge in [0, 0.05) is 5.69 Å². The molecule has 0 unspecified atom stereocenters. The fourth-order valence-corrected chi connectivity index (χ4v) is 2.00. The largest absolute Gasteiger partial charge is 0.291 e. The molecule has 0 saturated heterocycles. The van der Waals surface area contributed by atoms with Crippen LogP contribution < -0.4 is 0 Å². The van der Waals surface area contributed by atoms with E-state index >= 15 is 0 Å². The number of halogens is 1. The molecule has 0 aliphatic heterocycles. The van der Waals surface area contributed by atoms with Gasteiger partial charge in [-0.2, -0.15) is 0 Å². The number of aryl methyl sites for hydroxylation is 2. The fourth-order valence-electron chi connectivity index (χ4n) is 1.43. The van der Waals surface area contributed by atoms with E-state index in [1.165, 1.54) is 11.3 Å². The summed E-state index contributed by atoms with van der Waals surface area (Å²) in [5.41, 5.74) is 3.45. The molecule has 2 nitrogen and oxygen atoms in total. The lowest BCUT2D eigenvalue weighted by atomic mass is 10.2. The summed E-state index contributed by atoms with van der Waals surface area (Å²) >= 11 is 3.44. The van der Waals surface area contributed by atoms with Crippen molar-refractivity contribution in [3.05, 3.63) is 34.2 Å². The van der Waals surface area contributed by atoms with Gasteiger partial charge in [-0.3, -0.25) is 4.40 Å². The van der Waals surface area contributed by atoms with E-state index in [1.54, 1.807) is 0 Å². The number of rotatable bonds is 0. The van der Waals surface area contributed by atoms with Crippen LogP contribution in [0, 0.1) is 13.8 Å². The second-order valence-corrected chi connectivity index (χ2v) is 3.76. The smallest absolute Gasteiger partial charge is 0.138 e. The van der Waals surface area contributed by atoms with E-state index in [2.05, 4.69) is 51.3 Å². The summed E-state index contributed by atoms with van der Waals surface area (Å²) in [7, 11) is 0. The number of hydrogen-bond donors (Lipinski definition) is 0. The fraction of sp³-hybridized carbons (Fsp3) is 0.222. The van der Waals surface area contributed by atoms with Crippen LogP contribution in [0.1, 0.15) is 11.3 Å². The van der Waals surface area contributed by atoms with E-state index in [-0.39, 0.29) is 0 Å². The number of pyridine rings is 1. The van der Waals surface area contributed by atoms with Gasteiger partial charge in [0.25, 0.3) is 0 Å². The van der Waals surface area contributed by atoms with E-state index < -0.39 is 0 Å². The first kappa shape index (κ1) is 7.80. The topological polar surface area (TPSA) is 17.3 Å². The standard InChI is InChI=1S/C9H9BrN2/c1-6-3-7(2)12-8(10)5-11-9(12)4-6/h3-5H,1-2H3. The molecule has 0 N–H and O–H groups in total. The van der Waals surface area contributed by atoms with Crippen LogP contribution in [0.15, 0.2) is 22.9 Å². The molecule has 0 saturated carbocycles. The maximum Gasteiger partial charge on any atom is 0.138 e. The number of aromatic nitrogens is 2. The summed E-state index contributed by atoms with van der Waals surface area (Å²) in [4.78, 5) is 4.26. The highest BCUT2D eigenvalue weighted by Crippen LogP contribution is 2.16. The van der Waals surface area contributed by atoms with Crippen molar-refractivity contribution < 1.29 is 0 Å². The second kappa shape index (κ2) is 2.59. The molecule has 0 atom stereocenters. The first-order valence-corrected chi connectivity index (χ1v) is 4.58. The zero-order valence-corrected chi connectivity index (χ0v) is 8.59. The molecule has 0 aromatic carbocycles. The number of fused-ring (bicyclic) bond motifs is 1. The van der Waals surface area contributed by atoms with Crippen LogP contribution in [0.25, 0.3) is 5.65 Å². The molecule has 2 aromatic heterocycles. The quantitative estimate of drug-likeness (QED) is 0.673. The lowest BCUT2D eigenvalue weighted by molar-refractivity contribution is 1.06. The first-order chi connectivity index (χ1) is 5.68. The molecule has 62 valence electrons. The van der Waals surface area contributed by atoms with Crippen molar-refractivity contribution >= 4 is 21.6 Å². The lowest BCUT2D eigenvalue weighted by Crippen LogP contribution is -1.91. The number of hydrogen-bond acceptors (Lipinski definition) is 1. The first-order valence-electron chi connectivity index (χ1n) is 3.78. The zero-order chi connectivity index (χ0) is 8.72. The predicted molar refractivity (Wildman–Crippen MR) is 52.4 cm³/mol. The van der Waals surface area contributed by atoms with Gasteiger partial charge in [-0.25, -0.2) is 4.98 Å². The molecule has 0 fully saturated rings. The van der Waals surface area contributed by atoms with Crippen LogP contribution in [-0.2, 0) is 0 Å². The van der Waals surface area contributed by atoms with Gasteiger partial charge in [-0.05, 0) is 47.5 Å². The number of nitrogens with zero attached hydrogens (tertiary/aromatic N) is 2. The van der Waals surface area contributed by atoms with Crippen molar-refractivity contribution in [3.63, 3.8) is 0 Å². The Morgan fingerprint density at radius 1 is 1.33 bits per heavy atom. The van der Waals surface area contributed by atoms with Crippen molar-refractivity contribution in [2.24, 2.45) is 0 Å². The van der Waals surface area contributed by atoms with Crippen molar-refractivity contribution in [2.45, 2.75) is 13.8 Å². The van der Waals surface area contributed by atoms with Crippen LogP contribution in [0.2, 0.25) is 0 Å². The minimum absolute atomic E-state index is 0.999. The third kappa shape index (κ3) is 1.05. The average molecular weight is 225 g/mol. The van der Waals surface area contributed by atoms with Crippen molar-refractivity contribution in [2.75, 3.05) is 0 Å². The highest BCUT2D eigenvalue weighted by Gasteiger charge is 2.02. The molecule has 12 heavy (non-hydrogen) atoms. The Bertz CT molecular complexity index is 431. The van der Waals surface area contributed by atoms with Gasteiger partial charge in [0.2, 0.25) is 0 Å². The van der Waals surface area contributed by atoms with Crippen LogP contribution in [0.5, 0.6) is 0 Å². The summed E-state index contributed by atoms with van der Waals surface area (Å²) in [6, 6.07) is 4.21. The Morgan fingerprint density at radius 3 is 2.83 bits per heavy atom. The molecule has 2 heterocycles. The minimum atomic E-state index is 0.999. The van der Waals surface area contributed by atoms with Gasteiger partial charge >= 0.3 is 0 Å². The highest BCUT2D eigenvalue weighted by atomic mass is 79.9. The van der Waals surface area contributed by atoms with E-state index in [0.717, 1.165) is 10.3 Å². The molecule has 0 aliphatic carbocycles. The molecule has 2 aromatic rings. The third-order valence-corrected chi connectivity index (χ3v) is 2.45. The van der Waals surface area contributed by atoms with E-state index in [1.807, 2.05) is 6.20 Å². The van der Waals surface area contributed by atoms with Crippen LogP contribution >= 0.6 is 15.9 Å². The highest BCUT2D eigenvalue weighted by molar-refractivity contribution is 9.10. The predicted octanol–water partition coefficient (Wildman–Crippen LogP) is 2.71. The molecule has 0 radical (unpaired) electrons. The Labute approximate surface area is 79.4 Å². The third-order valence-electron chi connectivity index (χ3n) is 1.89. The summed E-state index contributed by atoms with van der Waals surface area (Å²) in [5, 5.41) is 0. The summed E-state index contributed by atoms with van der Waals surface area (Å²) in [6.07, 6.45) is 1.82. The molecule has 0 spiro atoms. The Kier molecular flexibility index (Phi) is 1.68. The Hall–Kier alpha value is -0.830. The zero-order valence-electron chi connectivity index (χ0n) is 7.00. The molecule has 0 bridgehead atoms. The number of imidazole rings is 1. The maximum atomic E-state index is 4.26. The van der Waals surface area contributed by atoms with Gasteiger partial charge in [0.1, 0.15) is 10.3 Å². The summed E-state index contributed by atoms with van der Waals surface area (Å²) in [5.74, 6) is 0. The Morgan fingerprint density at radius 2 is 2.08 bits per heavy atom. The van der Waals surface area contributed by atoms with Gasteiger partial charge in [0.05, 0.1) is 6.20 Å². The van der Waals surface area contributed by atoms with Gasteiger partial charge < -0.3 is 0 Å². The van der Waals surface area contributed by atoms with E-state index in [0.29, 0.717) is 0 Å². The average Bonchev–Trinajstić information content (AvgIpc) is 2.31. The van der Waals surface area contributed by atoms with Crippen LogP contribution in [0.4, 0.5) is 0 Å². The monoisotopic (exact) mass is 224 g/mol. The summed E-state index contributed by atoms with van der Waals surface area (Å²) in [6.45, 7) is 4.15. The molecule has 3 heteroatoms.